The largest absolute Gasteiger partial charge is 0.495 e. The number of rotatable bonds is 3. The van der Waals surface area contributed by atoms with Gasteiger partial charge in [0, 0.05) is 6.20 Å². The zero-order valence-corrected chi connectivity index (χ0v) is 8.24. The molecule has 3 nitrogen and oxygen atoms in total. The second-order valence-corrected chi connectivity index (χ2v) is 3.18. The maximum absolute atomic E-state index is 9.96. The summed E-state index contributed by atoms with van der Waals surface area (Å²) in [6, 6.07) is 3.58. The van der Waals surface area contributed by atoms with Crippen molar-refractivity contribution in [1.29, 1.82) is 0 Å². The quantitative estimate of drug-likeness (QED) is 0.771. The molecule has 1 aromatic rings. The van der Waals surface area contributed by atoms with Crippen molar-refractivity contribution in [2.75, 3.05) is 7.11 Å². The lowest BCUT2D eigenvalue weighted by molar-refractivity contribution is 0.0457. The Balaban J connectivity index is 3.12. The molecule has 0 aromatic carbocycles. The van der Waals surface area contributed by atoms with Crippen LogP contribution in [0.2, 0.25) is 0 Å². The number of ether oxygens (including phenoxy) is 1. The second kappa shape index (κ2) is 3.75. The van der Waals surface area contributed by atoms with Crippen LogP contribution in [0, 0.1) is 0 Å². The van der Waals surface area contributed by atoms with Crippen LogP contribution in [0.25, 0.3) is 0 Å². The molecule has 0 bridgehead atoms. The molecule has 0 aliphatic rings. The predicted octanol–water partition coefficient (Wildman–Crippen LogP) is 1.71. The molecule has 1 heterocycles. The maximum Gasteiger partial charge on any atom is 0.143 e. The fraction of sp³-hybridized carbons (Fsp3) is 0.500. The van der Waals surface area contributed by atoms with Crippen LogP contribution in [0.5, 0.6) is 5.75 Å². The third-order valence-corrected chi connectivity index (χ3v) is 2.19. The molecule has 0 spiro atoms. The van der Waals surface area contributed by atoms with Gasteiger partial charge >= 0.3 is 0 Å². The number of methoxy groups -OCH3 is 1. The van der Waals surface area contributed by atoms with Crippen LogP contribution in [0.1, 0.15) is 26.0 Å². The van der Waals surface area contributed by atoms with Crippen molar-refractivity contribution in [1.82, 2.24) is 4.98 Å². The first kappa shape index (κ1) is 9.99. The summed E-state index contributed by atoms with van der Waals surface area (Å²) in [5.41, 5.74) is -0.313. The zero-order chi connectivity index (χ0) is 9.90. The smallest absolute Gasteiger partial charge is 0.143 e. The third-order valence-electron chi connectivity index (χ3n) is 2.19. The van der Waals surface area contributed by atoms with Gasteiger partial charge in [0.2, 0.25) is 0 Å². The van der Waals surface area contributed by atoms with Crippen molar-refractivity contribution in [3.63, 3.8) is 0 Å². The van der Waals surface area contributed by atoms with Crippen LogP contribution in [0.15, 0.2) is 18.3 Å². The molecular weight excluding hydrogens is 166 g/mol. The molecule has 1 unspecified atom stereocenters. The van der Waals surface area contributed by atoms with E-state index in [0.29, 0.717) is 17.9 Å². The Labute approximate surface area is 78.4 Å². The molecule has 0 aliphatic carbocycles. The van der Waals surface area contributed by atoms with E-state index < -0.39 is 5.60 Å². The molecule has 3 heteroatoms. The fourth-order valence-corrected chi connectivity index (χ4v) is 1.13. The van der Waals surface area contributed by atoms with Gasteiger partial charge in [-0.05, 0) is 25.5 Å². The zero-order valence-electron chi connectivity index (χ0n) is 8.24. The summed E-state index contributed by atoms with van der Waals surface area (Å²) in [6.45, 7) is 3.64. The molecule has 13 heavy (non-hydrogen) atoms. The number of aliphatic hydroxyl groups is 1. The van der Waals surface area contributed by atoms with Gasteiger partial charge in [-0.25, -0.2) is 0 Å². The summed E-state index contributed by atoms with van der Waals surface area (Å²) in [5, 5.41) is 9.96. The molecule has 1 aromatic heterocycles. The SMILES string of the molecule is CCC(C)(O)c1ncccc1OC. The molecule has 72 valence electrons. The molecule has 1 atom stereocenters. The number of hydrogen-bond acceptors (Lipinski definition) is 3. The van der Waals surface area contributed by atoms with E-state index in [1.165, 1.54) is 0 Å². The lowest BCUT2D eigenvalue weighted by atomic mass is 9.98. The molecule has 0 aliphatic heterocycles. The summed E-state index contributed by atoms with van der Waals surface area (Å²) < 4.78 is 5.11. The van der Waals surface area contributed by atoms with Crippen molar-refractivity contribution in [2.24, 2.45) is 0 Å². The summed E-state index contributed by atoms with van der Waals surface area (Å²) in [6.07, 6.45) is 2.27. The van der Waals surface area contributed by atoms with E-state index in [0.717, 1.165) is 0 Å². The first-order valence-corrected chi connectivity index (χ1v) is 4.33. The Kier molecular flexibility index (Phi) is 2.88. The standard InChI is InChI=1S/C10H15NO2/c1-4-10(2,12)9-8(13-3)6-5-7-11-9/h5-7,12H,4H2,1-3H3. The number of aromatic nitrogens is 1. The van der Waals surface area contributed by atoms with Crippen LogP contribution in [-0.4, -0.2) is 17.2 Å². The Hall–Kier alpha value is -1.09. The first-order chi connectivity index (χ1) is 6.11. The van der Waals surface area contributed by atoms with E-state index in [4.69, 9.17) is 4.74 Å². The van der Waals surface area contributed by atoms with Gasteiger partial charge in [-0.3, -0.25) is 4.98 Å². The average Bonchev–Trinajstić information content (AvgIpc) is 2.18. The van der Waals surface area contributed by atoms with E-state index >= 15 is 0 Å². The predicted molar refractivity (Wildman–Crippen MR) is 50.7 cm³/mol. The minimum absolute atomic E-state index is 0.597. The van der Waals surface area contributed by atoms with E-state index in [-0.39, 0.29) is 0 Å². The van der Waals surface area contributed by atoms with Crippen LogP contribution >= 0.6 is 0 Å². The molecule has 0 saturated heterocycles. The maximum atomic E-state index is 9.96. The normalized spacial score (nSPS) is 15.1. The highest BCUT2D eigenvalue weighted by Crippen LogP contribution is 2.29. The summed E-state index contributed by atoms with van der Waals surface area (Å²) in [5.74, 6) is 0.634. The minimum Gasteiger partial charge on any atom is -0.495 e. The van der Waals surface area contributed by atoms with Gasteiger partial charge in [-0.2, -0.15) is 0 Å². The Morgan fingerprint density at radius 1 is 1.62 bits per heavy atom. The highest BCUT2D eigenvalue weighted by atomic mass is 16.5. The van der Waals surface area contributed by atoms with Gasteiger partial charge in [-0.15, -0.1) is 0 Å². The van der Waals surface area contributed by atoms with Crippen LogP contribution in [0.4, 0.5) is 0 Å². The first-order valence-electron chi connectivity index (χ1n) is 4.33. The average molecular weight is 181 g/mol. The van der Waals surface area contributed by atoms with E-state index in [9.17, 15) is 5.11 Å². The molecule has 1 rings (SSSR count). The summed E-state index contributed by atoms with van der Waals surface area (Å²) >= 11 is 0. The topological polar surface area (TPSA) is 42.4 Å². The van der Waals surface area contributed by atoms with Crippen LogP contribution in [-0.2, 0) is 5.60 Å². The molecular formula is C10H15NO2. The van der Waals surface area contributed by atoms with Gasteiger partial charge in [0.15, 0.2) is 0 Å². The fourth-order valence-electron chi connectivity index (χ4n) is 1.13. The van der Waals surface area contributed by atoms with Crippen molar-refractivity contribution < 1.29 is 9.84 Å². The lowest BCUT2D eigenvalue weighted by Crippen LogP contribution is -2.22. The van der Waals surface area contributed by atoms with Crippen molar-refractivity contribution in [3.05, 3.63) is 24.0 Å². The van der Waals surface area contributed by atoms with Gasteiger partial charge < -0.3 is 9.84 Å². The van der Waals surface area contributed by atoms with E-state index in [1.54, 1.807) is 32.4 Å². The Morgan fingerprint density at radius 3 is 2.85 bits per heavy atom. The number of pyridine rings is 1. The molecule has 1 N–H and O–H groups in total. The van der Waals surface area contributed by atoms with E-state index in [2.05, 4.69) is 4.98 Å². The highest BCUT2D eigenvalue weighted by molar-refractivity contribution is 5.30. The number of hydrogen-bond donors (Lipinski definition) is 1. The summed E-state index contributed by atoms with van der Waals surface area (Å²) in [7, 11) is 1.58. The minimum atomic E-state index is -0.910. The molecule has 0 amide bonds. The van der Waals surface area contributed by atoms with Gasteiger partial charge in [0.1, 0.15) is 17.0 Å². The van der Waals surface area contributed by atoms with Gasteiger partial charge in [0.25, 0.3) is 0 Å². The summed E-state index contributed by atoms with van der Waals surface area (Å²) in [4.78, 5) is 4.12. The lowest BCUT2D eigenvalue weighted by Gasteiger charge is -2.22. The third kappa shape index (κ3) is 1.98. The number of nitrogens with zero attached hydrogens (tertiary/aromatic N) is 1. The van der Waals surface area contributed by atoms with Gasteiger partial charge in [-0.1, -0.05) is 6.92 Å². The molecule has 0 saturated carbocycles. The van der Waals surface area contributed by atoms with E-state index in [1.807, 2.05) is 6.92 Å². The Bertz CT molecular complexity index is 284. The molecule has 0 radical (unpaired) electrons. The molecule has 0 fully saturated rings. The van der Waals surface area contributed by atoms with Crippen LogP contribution in [0.3, 0.4) is 0 Å². The van der Waals surface area contributed by atoms with Crippen molar-refractivity contribution in [2.45, 2.75) is 25.9 Å². The monoisotopic (exact) mass is 181 g/mol. The van der Waals surface area contributed by atoms with Crippen molar-refractivity contribution >= 4 is 0 Å². The Morgan fingerprint density at radius 2 is 2.31 bits per heavy atom. The second-order valence-electron chi connectivity index (χ2n) is 3.18. The van der Waals surface area contributed by atoms with Crippen molar-refractivity contribution in [3.8, 4) is 5.75 Å². The van der Waals surface area contributed by atoms with Gasteiger partial charge in [0.05, 0.1) is 7.11 Å². The highest BCUT2D eigenvalue weighted by Gasteiger charge is 2.25. The van der Waals surface area contributed by atoms with Crippen LogP contribution < -0.4 is 4.74 Å².